The predicted octanol–water partition coefficient (Wildman–Crippen LogP) is 7.93. The molecule has 6 rings (SSSR count). The lowest BCUT2D eigenvalue weighted by Gasteiger charge is -2.46. The van der Waals surface area contributed by atoms with E-state index in [1.807, 2.05) is 97.9 Å². The fourth-order valence-corrected chi connectivity index (χ4v) is 6.97. The number of rotatable bonds is 8. The third kappa shape index (κ3) is 5.80. The Morgan fingerprint density at radius 3 is 2.20 bits per heavy atom. The van der Waals surface area contributed by atoms with Crippen LogP contribution in [0.1, 0.15) is 33.2 Å². The first kappa shape index (κ1) is 29.5. The molecule has 1 aliphatic rings. The number of nitrogens with zero attached hydrogens (tertiary/aromatic N) is 2. The van der Waals surface area contributed by atoms with Crippen molar-refractivity contribution in [2.75, 3.05) is 21.6 Å². The molecule has 0 fully saturated rings. The van der Waals surface area contributed by atoms with E-state index >= 15 is 0 Å². The third-order valence-electron chi connectivity index (χ3n) is 7.61. The second-order valence-corrected chi connectivity index (χ2v) is 13.1. The summed E-state index contributed by atoms with van der Waals surface area (Å²) >= 11 is 3.73. The smallest absolute Gasteiger partial charge is 0.262 e. The summed E-state index contributed by atoms with van der Waals surface area (Å²) < 4.78 is 35.9. The lowest BCUT2D eigenvalue weighted by molar-refractivity contribution is 0.0968. The molecule has 1 aliphatic heterocycles. The van der Waals surface area contributed by atoms with E-state index in [-0.39, 0.29) is 16.4 Å². The van der Waals surface area contributed by atoms with Crippen LogP contribution in [-0.4, -0.2) is 21.4 Å². The van der Waals surface area contributed by atoms with Crippen molar-refractivity contribution in [2.24, 2.45) is 0 Å². The number of aryl methyl sites for hydroxylation is 1. The molecule has 0 saturated carbocycles. The van der Waals surface area contributed by atoms with Gasteiger partial charge in [0.05, 0.1) is 23.3 Å². The zero-order valence-electron chi connectivity index (χ0n) is 24.1. The number of carbonyl (C=O) groups excluding carboxylic acids is 1. The highest BCUT2D eigenvalue weighted by Crippen LogP contribution is 2.45. The number of ether oxygens (including phenoxy) is 1. The normalized spacial score (nSPS) is 14.7. The van der Waals surface area contributed by atoms with Crippen LogP contribution in [0.5, 0.6) is 5.75 Å². The molecule has 0 bridgehead atoms. The van der Waals surface area contributed by atoms with E-state index in [0.29, 0.717) is 29.4 Å². The summed E-state index contributed by atoms with van der Waals surface area (Å²) in [5, 5.41) is 0. The van der Waals surface area contributed by atoms with Crippen LogP contribution in [0.4, 0.5) is 17.1 Å². The molecule has 0 unspecified atom stereocenters. The summed E-state index contributed by atoms with van der Waals surface area (Å²) in [4.78, 5) is 18.4. The monoisotopic (exact) mass is 667 g/mol. The van der Waals surface area contributed by atoms with Crippen LogP contribution in [0.3, 0.4) is 0 Å². The fourth-order valence-electron chi connectivity index (χ4n) is 5.40. The molecule has 7 nitrogen and oxygen atoms in total. The molecule has 0 aliphatic carbocycles. The molecule has 5 aromatic carbocycles. The maximum absolute atomic E-state index is 14.6. The zero-order valence-corrected chi connectivity index (χ0v) is 26.5. The molecule has 9 heteroatoms. The van der Waals surface area contributed by atoms with E-state index in [0.717, 1.165) is 21.2 Å². The van der Waals surface area contributed by atoms with Gasteiger partial charge in [-0.1, -0.05) is 82.2 Å². The Labute approximate surface area is 265 Å². The number of benzene rings is 5. The standard InChI is InChI=1S/C35H30BrN3O4S/c1-24-12-14-26(15-13-24)37-44(41,42)29-20-21-33-31(22-29)35(40)39(27-16-18-28(43-2)19-17-27)34(30-10-6-7-11-32(30)36)38(33)23-25-8-4-3-5-9-25/h3-22,34,37H,23H2,1-2H3/t34-/m0/s1. The molecular formula is C35H30BrN3O4S. The molecule has 1 amide bonds. The highest BCUT2D eigenvalue weighted by atomic mass is 79.9. The van der Waals surface area contributed by atoms with Crippen LogP contribution in [-0.2, 0) is 16.6 Å². The van der Waals surface area contributed by atoms with Gasteiger partial charge in [0.2, 0.25) is 0 Å². The van der Waals surface area contributed by atoms with Gasteiger partial charge in [0.25, 0.3) is 15.9 Å². The molecule has 0 radical (unpaired) electrons. The SMILES string of the molecule is COc1ccc(N2C(=O)c3cc(S(=O)(=O)Nc4ccc(C)cc4)ccc3N(Cc3ccccc3)[C@@H]2c2ccccc2Br)cc1. The van der Waals surface area contributed by atoms with Crippen LogP contribution < -0.4 is 19.3 Å². The second kappa shape index (κ2) is 12.2. The van der Waals surface area contributed by atoms with Crippen molar-refractivity contribution in [2.45, 2.75) is 24.5 Å². The Kier molecular flexibility index (Phi) is 8.16. The van der Waals surface area contributed by atoms with Crippen molar-refractivity contribution < 1.29 is 17.9 Å². The van der Waals surface area contributed by atoms with Gasteiger partial charge < -0.3 is 9.64 Å². The maximum atomic E-state index is 14.6. The molecule has 0 saturated heterocycles. The van der Waals surface area contributed by atoms with Gasteiger partial charge in [-0.15, -0.1) is 0 Å². The summed E-state index contributed by atoms with van der Waals surface area (Å²) in [6, 6.07) is 37.0. The molecule has 1 heterocycles. The van der Waals surface area contributed by atoms with Gasteiger partial charge in [-0.3, -0.25) is 14.4 Å². The lowest BCUT2D eigenvalue weighted by Crippen LogP contribution is -2.49. The summed E-state index contributed by atoms with van der Waals surface area (Å²) in [5.41, 5.74) is 4.95. The Morgan fingerprint density at radius 2 is 1.52 bits per heavy atom. The van der Waals surface area contributed by atoms with E-state index in [4.69, 9.17) is 4.74 Å². The first-order chi connectivity index (χ1) is 21.2. The van der Waals surface area contributed by atoms with Crippen LogP contribution in [0.25, 0.3) is 0 Å². The second-order valence-electron chi connectivity index (χ2n) is 10.5. The molecule has 222 valence electrons. The number of hydrogen-bond acceptors (Lipinski definition) is 5. The number of anilines is 3. The van der Waals surface area contributed by atoms with E-state index in [1.54, 1.807) is 36.3 Å². The largest absolute Gasteiger partial charge is 0.497 e. The van der Waals surface area contributed by atoms with Crippen LogP contribution in [0, 0.1) is 6.92 Å². The molecule has 44 heavy (non-hydrogen) atoms. The lowest BCUT2D eigenvalue weighted by atomic mass is 9.99. The number of sulfonamides is 1. The van der Waals surface area contributed by atoms with Gasteiger partial charge in [0.15, 0.2) is 0 Å². The number of nitrogens with one attached hydrogen (secondary N) is 1. The van der Waals surface area contributed by atoms with Gasteiger partial charge >= 0.3 is 0 Å². The first-order valence-electron chi connectivity index (χ1n) is 14.0. The van der Waals surface area contributed by atoms with E-state index in [9.17, 15) is 13.2 Å². The molecule has 1 N–H and O–H groups in total. The number of amides is 1. The van der Waals surface area contributed by atoms with E-state index < -0.39 is 16.2 Å². The summed E-state index contributed by atoms with van der Waals surface area (Å²) in [7, 11) is -2.39. The topological polar surface area (TPSA) is 78.9 Å². The summed E-state index contributed by atoms with van der Waals surface area (Å²) in [6.45, 7) is 2.40. The first-order valence-corrected chi connectivity index (χ1v) is 16.3. The highest BCUT2D eigenvalue weighted by Gasteiger charge is 2.41. The Bertz CT molecular complexity index is 1910. The van der Waals surface area contributed by atoms with Crippen molar-refractivity contribution in [1.82, 2.24) is 0 Å². The van der Waals surface area contributed by atoms with Crippen LogP contribution in [0.15, 0.2) is 131 Å². The molecule has 0 aromatic heterocycles. The van der Waals surface area contributed by atoms with Gasteiger partial charge in [-0.05, 0) is 73.2 Å². The van der Waals surface area contributed by atoms with Crippen LogP contribution in [0.2, 0.25) is 0 Å². The number of hydrogen-bond donors (Lipinski definition) is 1. The Hall–Kier alpha value is -4.60. The van der Waals surface area contributed by atoms with E-state index in [1.165, 1.54) is 6.07 Å². The van der Waals surface area contributed by atoms with Crippen molar-refractivity contribution in [3.63, 3.8) is 0 Å². The number of methoxy groups -OCH3 is 1. The van der Waals surface area contributed by atoms with Crippen molar-refractivity contribution in [1.29, 1.82) is 0 Å². The zero-order chi connectivity index (χ0) is 30.8. The summed E-state index contributed by atoms with van der Waals surface area (Å²) in [5.74, 6) is 0.343. The minimum atomic E-state index is -3.99. The Morgan fingerprint density at radius 1 is 0.841 bits per heavy atom. The van der Waals surface area contributed by atoms with Crippen molar-refractivity contribution in [3.05, 3.63) is 148 Å². The third-order valence-corrected chi connectivity index (χ3v) is 9.71. The van der Waals surface area contributed by atoms with Crippen LogP contribution >= 0.6 is 15.9 Å². The molecular weight excluding hydrogens is 638 g/mol. The maximum Gasteiger partial charge on any atom is 0.262 e. The quantitative estimate of drug-likeness (QED) is 0.182. The Balaban J connectivity index is 1.53. The predicted molar refractivity (Wildman–Crippen MR) is 178 cm³/mol. The van der Waals surface area contributed by atoms with Gasteiger partial charge in [0, 0.05) is 28.0 Å². The highest BCUT2D eigenvalue weighted by molar-refractivity contribution is 9.10. The van der Waals surface area contributed by atoms with Gasteiger partial charge in [0.1, 0.15) is 11.9 Å². The minimum absolute atomic E-state index is 0.00106. The number of fused-ring (bicyclic) bond motifs is 1. The molecule has 1 atom stereocenters. The number of halogens is 1. The fraction of sp³-hybridized carbons (Fsp3) is 0.114. The summed E-state index contributed by atoms with van der Waals surface area (Å²) in [6.07, 6.45) is -0.549. The van der Waals surface area contributed by atoms with E-state index in [2.05, 4.69) is 25.6 Å². The minimum Gasteiger partial charge on any atom is -0.497 e. The van der Waals surface area contributed by atoms with Crippen molar-refractivity contribution >= 4 is 48.9 Å². The van der Waals surface area contributed by atoms with Gasteiger partial charge in [-0.25, -0.2) is 8.42 Å². The average Bonchev–Trinajstić information content (AvgIpc) is 3.04. The molecule has 5 aromatic rings. The van der Waals surface area contributed by atoms with Gasteiger partial charge in [-0.2, -0.15) is 0 Å². The number of carbonyl (C=O) groups is 1. The average molecular weight is 669 g/mol. The molecule has 0 spiro atoms. The van der Waals surface area contributed by atoms with Crippen molar-refractivity contribution in [3.8, 4) is 5.75 Å².